The fraction of sp³-hybridized carbons (Fsp3) is 0.500. The van der Waals surface area contributed by atoms with Crippen LogP contribution in [-0.2, 0) is 12.8 Å². The molecular formula is C12H17N. The molecule has 1 heteroatoms. The SMILES string of the molecule is Cc1cccc2c1CC(CN)CC2. The van der Waals surface area contributed by atoms with Crippen molar-refractivity contribution in [2.75, 3.05) is 6.54 Å². The van der Waals surface area contributed by atoms with Gasteiger partial charge in [0, 0.05) is 0 Å². The molecule has 13 heavy (non-hydrogen) atoms. The second-order valence-corrected chi connectivity index (χ2v) is 4.06. The minimum Gasteiger partial charge on any atom is -0.330 e. The topological polar surface area (TPSA) is 26.0 Å². The minimum atomic E-state index is 0.716. The molecule has 0 aliphatic heterocycles. The lowest BCUT2D eigenvalue weighted by Crippen LogP contribution is -2.22. The van der Waals surface area contributed by atoms with Crippen molar-refractivity contribution < 1.29 is 0 Å². The highest BCUT2D eigenvalue weighted by Crippen LogP contribution is 2.27. The number of rotatable bonds is 1. The Morgan fingerprint density at radius 2 is 2.31 bits per heavy atom. The molecule has 0 saturated carbocycles. The number of hydrogen-bond acceptors (Lipinski definition) is 1. The Balaban J connectivity index is 2.32. The molecule has 0 saturated heterocycles. The molecule has 1 unspecified atom stereocenters. The fourth-order valence-corrected chi connectivity index (χ4v) is 2.24. The third-order valence-corrected chi connectivity index (χ3v) is 3.16. The van der Waals surface area contributed by atoms with Crippen LogP contribution in [0.2, 0.25) is 0 Å². The number of aryl methyl sites for hydroxylation is 2. The summed E-state index contributed by atoms with van der Waals surface area (Å²) in [5.74, 6) is 0.716. The third-order valence-electron chi connectivity index (χ3n) is 3.16. The van der Waals surface area contributed by atoms with E-state index in [0.29, 0.717) is 5.92 Å². The molecule has 2 N–H and O–H groups in total. The molecule has 1 aliphatic rings. The summed E-state index contributed by atoms with van der Waals surface area (Å²) in [6.07, 6.45) is 3.68. The van der Waals surface area contributed by atoms with Crippen LogP contribution in [0.3, 0.4) is 0 Å². The maximum absolute atomic E-state index is 5.71. The maximum atomic E-state index is 5.71. The van der Waals surface area contributed by atoms with E-state index in [1.807, 2.05) is 0 Å². The van der Waals surface area contributed by atoms with Crippen LogP contribution in [0.15, 0.2) is 18.2 Å². The molecule has 1 aliphatic carbocycles. The van der Waals surface area contributed by atoms with Crippen LogP contribution in [-0.4, -0.2) is 6.54 Å². The lowest BCUT2D eigenvalue weighted by atomic mass is 9.82. The van der Waals surface area contributed by atoms with Crippen molar-refractivity contribution in [3.05, 3.63) is 34.9 Å². The standard InChI is InChI=1S/C12H17N/c1-9-3-2-4-11-6-5-10(8-13)7-12(9)11/h2-4,10H,5-8,13H2,1H3. The Labute approximate surface area is 80.0 Å². The zero-order chi connectivity index (χ0) is 9.26. The summed E-state index contributed by atoms with van der Waals surface area (Å²) in [5.41, 5.74) is 10.3. The van der Waals surface area contributed by atoms with E-state index >= 15 is 0 Å². The largest absolute Gasteiger partial charge is 0.330 e. The lowest BCUT2D eigenvalue weighted by Gasteiger charge is -2.24. The maximum Gasteiger partial charge on any atom is -0.00456 e. The fourth-order valence-electron chi connectivity index (χ4n) is 2.24. The van der Waals surface area contributed by atoms with Gasteiger partial charge in [-0.05, 0) is 55.3 Å². The lowest BCUT2D eigenvalue weighted by molar-refractivity contribution is 0.467. The first-order chi connectivity index (χ1) is 6.31. The van der Waals surface area contributed by atoms with Crippen LogP contribution in [0.25, 0.3) is 0 Å². The second-order valence-electron chi connectivity index (χ2n) is 4.06. The molecule has 70 valence electrons. The zero-order valence-electron chi connectivity index (χ0n) is 8.22. The molecule has 0 heterocycles. The first-order valence-corrected chi connectivity index (χ1v) is 5.08. The van der Waals surface area contributed by atoms with Crippen molar-refractivity contribution in [2.24, 2.45) is 11.7 Å². The van der Waals surface area contributed by atoms with Gasteiger partial charge in [-0.1, -0.05) is 18.2 Å². The van der Waals surface area contributed by atoms with Gasteiger partial charge in [0.15, 0.2) is 0 Å². The highest BCUT2D eigenvalue weighted by Gasteiger charge is 2.17. The predicted molar refractivity (Wildman–Crippen MR) is 55.7 cm³/mol. The van der Waals surface area contributed by atoms with Gasteiger partial charge in [0.25, 0.3) is 0 Å². The average Bonchev–Trinajstić information content (AvgIpc) is 2.18. The van der Waals surface area contributed by atoms with Gasteiger partial charge in [-0.15, -0.1) is 0 Å². The van der Waals surface area contributed by atoms with E-state index in [2.05, 4.69) is 25.1 Å². The predicted octanol–water partition coefficient (Wildman–Crippen LogP) is 2.06. The summed E-state index contributed by atoms with van der Waals surface area (Å²) in [6.45, 7) is 3.05. The monoisotopic (exact) mass is 175 g/mol. The van der Waals surface area contributed by atoms with Gasteiger partial charge in [-0.25, -0.2) is 0 Å². The normalized spacial score (nSPS) is 21.2. The molecule has 1 aromatic carbocycles. The van der Waals surface area contributed by atoms with Gasteiger partial charge in [0.2, 0.25) is 0 Å². The molecule has 0 spiro atoms. The highest BCUT2D eigenvalue weighted by molar-refractivity contribution is 5.36. The van der Waals surface area contributed by atoms with Gasteiger partial charge in [0.1, 0.15) is 0 Å². The van der Waals surface area contributed by atoms with Gasteiger partial charge in [-0.3, -0.25) is 0 Å². The average molecular weight is 175 g/mol. The third kappa shape index (κ3) is 1.61. The van der Waals surface area contributed by atoms with E-state index < -0.39 is 0 Å². The van der Waals surface area contributed by atoms with Crippen molar-refractivity contribution in [1.29, 1.82) is 0 Å². The van der Waals surface area contributed by atoms with Crippen molar-refractivity contribution in [1.82, 2.24) is 0 Å². The Morgan fingerprint density at radius 3 is 3.08 bits per heavy atom. The van der Waals surface area contributed by atoms with Gasteiger partial charge >= 0.3 is 0 Å². The summed E-state index contributed by atoms with van der Waals surface area (Å²) in [5, 5.41) is 0. The summed E-state index contributed by atoms with van der Waals surface area (Å²) < 4.78 is 0. The Bertz CT molecular complexity index is 304. The Kier molecular flexibility index (Phi) is 2.36. The minimum absolute atomic E-state index is 0.716. The summed E-state index contributed by atoms with van der Waals surface area (Å²) in [4.78, 5) is 0. The van der Waals surface area contributed by atoms with Crippen LogP contribution in [0.4, 0.5) is 0 Å². The smallest absolute Gasteiger partial charge is 0.00456 e. The van der Waals surface area contributed by atoms with Crippen molar-refractivity contribution >= 4 is 0 Å². The van der Waals surface area contributed by atoms with Gasteiger partial charge in [-0.2, -0.15) is 0 Å². The molecule has 0 radical (unpaired) electrons. The Hall–Kier alpha value is -0.820. The van der Waals surface area contributed by atoms with Crippen LogP contribution in [0.5, 0.6) is 0 Å². The van der Waals surface area contributed by atoms with E-state index in [4.69, 9.17) is 5.73 Å². The Morgan fingerprint density at radius 1 is 1.46 bits per heavy atom. The summed E-state index contributed by atoms with van der Waals surface area (Å²) in [7, 11) is 0. The molecular weight excluding hydrogens is 158 g/mol. The van der Waals surface area contributed by atoms with E-state index in [-0.39, 0.29) is 0 Å². The molecule has 1 aromatic rings. The van der Waals surface area contributed by atoms with Crippen LogP contribution >= 0.6 is 0 Å². The number of benzene rings is 1. The molecule has 0 bridgehead atoms. The number of fused-ring (bicyclic) bond motifs is 1. The van der Waals surface area contributed by atoms with Crippen molar-refractivity contribution in [3.63, 3.8) is 0 Å². The van der Waals surface area contributed by atoms with Crippen LogP contribution < -0.4 is 5.73 Å². The van der Waals surface area contributed by atoms with E-state index in [1.165, 1.54) is 24.8 Å². The van der Waals surface area contributed by atoms with Crippen molar-refractivity contribution in [2.45, 2.75) is 26.2 Å². The van der Waals surface area contributed by atoms with Crippen molar-refractivity contribution in [3.8, 4) is 0 Å². The van der Waals surface area contributed by atoms with Gasteiger partial charge < -0.3 is 5.73 Å². The first-order valence-electron chi connectivity index (χ1n) is 5.08. The van der Waals surface area contributed by atoms with E-state index in [1.54, 1.807) is 11.1 Å². The highest BCUT2D eigenvalue weighted by atomic mass is 14.5. The number of nitrogens with two attached hydrogens (primary N) is 1. The molecule has 2 rings (SSSR count). The summed E-state index contributed by atoms with van der Waals surface area (Å²) in [6, 6.07) is 6.63. The number of hydrogen-bond donors (Lipinski definition) is 1. The zero-order valence-corrected chi connectivity index (χ0v) is 8.22. The summed E-state index contributed by atoms with van der Waals surface area (Å²) >= 11 is 0. The molecule has 1 nitrogen and oxygen atoms in total. The van der Waals surface area contributed by atoms with E-state index in [0.717, 1.165) is 6.54 Å². The quantitative estimate of drug-likeness (QED) is 0.694. The van der Waals surface area contributed by atoms with E-state index in [9.17, 15) is 0 Å². The molecule has 0 aromatic heterocycles. The molecule has 0 fully saturated rings. The first kappa shape index (κ1) is 8.76. The van der Waals surface area contributed by atoms with Gasteiger partial charge in [0.05, 0.1) is 0 Å². The second kappa shape index (κ2) is 3.51. The molecule has 0 amide bonds. The van der Waals surface area contributed by atoms with Crippen LogP contribution in [0.1, 0.15) is 23.1 Å². The van der Waals surface area contributed by atoms with Crippen LogP contribution in [0, 0.1) is 12.8 Å². The molecule has 1 atom stereocenters.